The summed E-state index contributed by atoms with van der Waals surface area (Å²) in [4.78, 5) is 23.0. The summed E-state index contributed by atoms with van der Waals surface area (Å²) in [6, 6.07) is -0.750. The smallest absolute Gasteiger partial charge is 0.326 e. The minimum Gasteiger partial charge on any atom is -0.480 e. The molecule has 0 saturated heterocycles. The lowest BCUT2D eigenvalue weighted by molar-refractivity contribution is -0.143. The Balaban J connectivity index is 2.65. The van der Waals surface area contributed by atoms with Gasteiger partial charge in [-0.25, -0.2) is 4.79 Å². The van der Waals surface area contributed by atoms with Crippen molar-refractivity contribution in [3.8, 4) is 0 Å². The van der Waals surface area contributed by atoms with Gasteiger partial charge in [-0.15, -0.1) is 0 Å². The summed E-state index contributed by atoms with van der Waals surface area (Å²) in [6.45, 7) is 5.96. The molecule has 1 fully saturated rings. The topological polar surface area (TPSA) is 66.4 Å². The monoisotopic (exact) mass is 241 g/mol. The van der Waals surface area contributed by atoms with Crippen LogP contribution in [0.15, 0.2) is 0 Å². The Bertz CT molecular complexity index is 299. The predicted octanol–water partition coefficient (Wildman–Crippen LogP) is 2.18. The number of hydrogen-bond donors (Lipinski definition) is 2. The summed E-state index contributed by atoms with van der Waals surface area (Å²) in [5.74, 6) is -1.09. The Morgan fingerprint density at radius 3 is 2.53 bits per heavy atom. The highest BCUT2D eigenvalue weighted by atomic mass is 16.4. The second kappa shape index (κ2) is 5.52. The molecule has 0 spiro atoms. The van der Waals surface area contributed by atoms with Crippen molar-refractivity contribution in [2.24, 2.45) is 11.3 Å². The van der Waals surface area contributed by atoms with Gasteiger partial charge in [-0.1, -0.05) is 33.6 Å². The SMILES string of the molecule is CC[C@H](NC(=O)C1CCCCC1(C)C)C(=O)O. The summed E-state index contributed by atoms with van der Waals surface area (Å²) < 4.78 is 0. The highest BCUT2D eigenvalue weighted by Crippen LogP contribution is 2.40. The van der Waals surface area contributed by atoms with E-state index in [0.29, 0.717) is 6.42 Å². The fourth-order valence-corrected chi connectivity index (χ4v) is 2.59. The fourth-order valence-electron chi connectivity index (χ4n) is 2.59. The van der Waals surface area contributed by atoms with Gasteiger partial charge in [0.25, 0.3) is 0 Å². The molecule has 98 valence electrons. The summed E-state index contributed by atoms with van der Waals surface area (Å²) in [6.07, 6.45) is 4.55. The van der Waals surface area contributed by atoms with E-state index in [-0.39, 0.29) is 17.2 Å². The average molecular weight is 241 g/mol. The lowest BCUT2D eigenvalue weighted by Gasteiger charge is -2.37. The maximum Gasteiger partial charge on any atom is 0.326 e. The highest BCUT2D eigenvalue weighted by molar-refractivity contribution is 5.85. The van der Waals surface area contributed by atoms with Crippen LogP contribution < -0.4 is 5.32 Å². The van der Waals surface area contributed by atoms with Gasteiger partial charge in [-0.05, 0) is 24.7 Å². The largest absolute Gasteiger partial charge is 0.480 e. The second-order valence-electron chi connectivity index (χ2n) is 5.59. The van der Waals surface area contributed by atoms with Crippen molar-refractivity contribution >= 4 is 11.9 Å². The van der Waals surface area contributed by atoms with E-state index in [9.17, 15) is 9.59 Å². The first-order valence-electron chi connectivity index (χ1n) is 6.41. The molecule has 4 heteroatoms. The van der Waals surface area contributed by atoms with E-state index >= 15 is 0 Å². The van der Waals surface area contributed by atoms with Gasteiger partial charge in [-0.3, -0.25) is 4.79 Å². The maximum absolute atomic E-state index is 12.1. The maximum atomic E-state index is 12.1. The van der Waals surface area contributed by atoms with E-state index in [4.69, 9.17) is 5.11 Å². The molecule has 1 saturated carbocycles. The molecule has 0 heterocycles. The third-order valence-corrected chi connectivity index (χ3v) is 3.85. The van der Waals surface area contributed by atoms with Gasteiger partial charge >= 0.3 is 5.97 Å². The van der Waals surface area contributed by atoms with E-state index in [1.165, 1.54) is 0 Å². The predicted molar refractivity (Wildman–Crippen MR) is 65.6 cm³/mol. The zero-order valence-electron chi connectivity index (χ0n) is 11.0. The van der Waals surface area contributed by atoms with Crippen molar-refractivity contribution < 1.29 is 14.7 Å². The first kappa shape index (κ1) is 14.0. The van der Waals surface area contributed by atoms with Crippen molar-refractivity contribution in [1.82, 2.24) is 5.32 Å². The molecule has 0 bridgehead atoms. The molecule has 0 aromatic heterocycles. The molecule has 1 aliphatic carbocycles. The van der Waals surface area contributed by atoms with E-state index < -0.39 is 12.0 Å². The Kier molecular flexibility index (Phi) is 4.54. The molecule has 17 heavy (non-hydrogen) atoms. The quantitative estimate of drug-likeness (QED) is 0.792. The van der Waals surface area contributed by atoms with Crippen molar-refractivity contribution in [1.29, 1.82) is 0 Å². The third kappa shape index (κ3) is 3.45. The summed E-state index contributed by atoms with van der Waals surface area (Å²) in [5.41, 5.74) is -0.0148. The Morgan fingerprint density at radius 2 is 2.06 bits per heavy atom. The van der Waals surface area contributed by atoms with Crippen LogP contribution in [0.1, 0.15) is 52.9 Å². The number of carboxylic acid groups (broad SMARTS) is 1. The number of amides is 1. The van der Waals surface area contributed by atoms with Crippen LogP contribution in [0.3, 0.4) is 0 Å². The molecular weight excluding hydrogens is 218 g/mol. The Labute approximate surface area is 103 Å². The van der Waals surface area contributed by atoms with Crippen LogP contribution >= 0.6 is 0 Å². The van der Waals surface area contributed by atoms with E-state index in [1.807, 2.05) is 0 Å². The number of carbonyl (C=O) groups is 2. The van der Waals surface area contributed by atoms with E-state index in [2.05, 4.69) is 19.2 Å². The minimum absolute atomic E-state index is 0.0148. The van der Waals surface area contributed by atoms with Gasteiger partial charge in [0, 0.05) is 5.92 Å². The van der Waals surface area contributed by atoms with Crippen LogP contribution in [0.25, 0.3) is 0 Å². The van der Waals surface area contributed by atoms with Crippen LogP contribution in [0.5, 0.6) is 0 Å². The van der Waals surface area contributed by atoms with E-state index in [0.717, 1.165) is 25.7 Å². The average Bonchev–Trinajstić information content (AvgIpc) is 2.24. The van der Waals surface area contributed by atoms with Gasteiger partial charge in [0.15, 0.2) is 0 Å². The molecule has 1 unspecified atom stereocenters. The van der Waals surface area contributed by atoms with Crippen molar-refractivity contribution in [3.63, 3.8) is 0 Å². The summed E-state index contributed by atoms with van der Waals surface area (Å²) in [5, 5.41) is 11.6. The molecule has 1 amide bonds. The molecule has 2 atom stereocenters. The minimum atomic E-state index is -0.950. The van der Waals surface area contributed by atoms with Gasteiger partial charge in [0.2, 0.25) is 5.91 Å². The first-order valence-corrected chi connectivity index (χ1v) is 6.41. The van der Waals surface area contributed by atoms with Crippen LogP contribution in [-0.4, -0.2) is 23.0 Å². The molecule has 0 aromatic rings. The molecule has 2 N–H and O–H groups in total. The zero-order valence-corrected chi connectivity index (χ0v) is 11.0. The molecule has 0 aromatic carbocycles. The zero-order chi connectivity index (χ0) is 13.1. The van der Waals surface area contributed by atoms with Crippen molar-refractivity contribution in [2.45, 2.75) is 58.9 Å². The van der Waals surface area contributed by atoms with Gasteiger partial charge in [0.05, 0.1) is 0 Å². The van der Waals surface area contributed by atoms with Crippen molar-refractivity contribution in [3.05, 3.63) is 0 Å². The fraction of sp³-hybridized carbons (Fsp3) is 0.846. The molecule has 0 radical (unpaired) electrons. The lowest BCUT2D eigenvalue weighted by atomic mass is 9.68. The van der Waals surface area contributed by atoms with Crippen LogP contribution in [0, 0.1) is 11.3 Å². The van der Waals surface area contributed by atoms with Gasteiger partial charge in [0.1, 0.15) is 6.04 Å². The normalized spacial score (nSPS) is 25.0. The number of carboxylic acids is 1. The van der Waals surface area contributed by atoms with Gasteiger partial charge in [-0.2, -0.15) is 0 Å². The second-order valence-corrected chi connectivity index (χ2v) is 5.59. The number of nitrogens with one attached hydrogen (secondary N) is 1. The van der Waals surface area contributed by atoms with Crippen LogP contribution in [0.2, 0.25) is 0 Å². The molecule has 1 rings (SSSR count). The first-order chi connectivity index (χ1) is 7.88. The number of carbonyl (C=O) groups excluding carboxylic acids is 1. The number of rotatable bonds is 4. The van der Waals surface area contributed by atoms with Crippen LogP contribution in [0.4, 0.5) is 0 Å². The van der Waals surface area contributed by atoms with E-state index in [1.54, 1.807) is 6.92 Å². The highest BCUT2D eigenvalue weighted by Gasteiger charge is 2.38. The Hall–Kier alpha value is -1.06. The van der Waals surface area contributed by atoms with Gasteiger partial charge < -0.3 is 10.4 Å². The summed E-state index contributed by atoms with van der Waals surface area (Å²) >= 11 is 0. The molecule has 0 aliphatic heterocycles. The number of hydrogen-bond acceptors (Lipinski definition) is 2. The molecular formula is C13H23NO3. The number of aliphatic carboxylic acids is 1. The standard InChI is InChI=1S/C13H23NO3/c1-4-10(12(16)17)14-11(15)9-7-5-6-8-13(9,2)3/h9-10H,4-8H2,1-3H3,(H,14,15)(H,16,17)/t9?,10-/m0/s1. The third-order valence-electron chi connectivity index (χ3n) is 3.85. The molecule has 1 aliphatic rings. The van der Waals surface area contributed by atoms with Crippen molar-refractivity contribution in [2.75, 3.05) is 0 Å². The Morgan fingerprint density at radius 1 is 1.41 bits per heavy atom. The van der Waals surface area contributed by atoms with Crippen LogP contribution in [-0.2, 0) is 9.59 Å². The lowest BCUT2D eigenvalue weighted by Crippen LogP contribution is -2.47. The molecule has 4 nitrogen and oxygen atoms in total. The summed E-state index contributed by atoms with van der Waals surface area (Å²) in [7, 11) is 0.